The summed E-state index contributed by atoms with van der Waals surface area (Å²) in [5.74, 6) is -3.08. The Morgan fingerprint density at radius 3 is 2.52 bits per heavy atom. The second-order valence-corrected chi connectivity index (χ2v) is 7.04. The van der Waals surface area contributed by atoms with Crippen LogP contribution in [0.3, 0.4) is 0 Å². The quantitative estimate of drug-likeness (QED) is 0.334. The third kappa shape index (κ3) is 3.15. The first-order valence-corrected chi connectivity index (χ1v) is 8.19. The molecule has 5 atom stereocenters. The second-order valence-electron chi connectivity index (χ2n) is 4.44. The molecule has 0 aromatic carbocycles. The molecule has 21 heavy (non-hydrogen) atoms. The average Bonchev–Trinajstić information content (AvgIpc) is 2.95. The number of amides is 1. The molecule has 1 aliphatic rings. The van der Waals surface area contributed by atoms with E-state index in [0.717, 1.165) is 11.3 Å². The van der Waals surface area contributed by atoms with E-state index in [1.165, 1.54) is 5.38 Å². The fourth-order valence-corrected chi connectivity index (χ4v) is 3.39. The zero-order valence-electron chi connectivity index (χ0n) is 10.3. The Hall–Kier alpha value is -0.910. The molecule has 1 amide bonds. The summed E-state index contributed by atoms with van der Waals surface area (Å²) in [4.78, 5) is 32.6. The van der Waals surface area contributed by atoms with E-state index in [4.69, 9.17) is 20.3 Å². The van der Waals surface area contributed by atoms with Crippen LogP contribution in [0.2, 0.25) is 0 Å². The van der Waals surface area contributed by atoms with Gasteiger partial charge in [-0.15, -0.1) is 11.3 Å². The van der Waals surface area contributed by atoms with Crippen LogP contribution in [0.4, 0.5) is 0 Å². The van der Waals surface area contributed by atoms with Crippen LogP contribution in [0.1, 0.15) is 21.6 Å². The van der Waals surface area contributed by atoms with Crippen molar-refractivity contribution < 1.29 is 39.2 Å². The van der Waals surface area contributed by atoms with E-state index in [9.17, 15) is 24.7 Å². The van der Waals surface area contributed by atoms with Crippen LogP contribution in [0.25, 0.3) is 0 Å². The largest absolute Gasteiger partial charge is 0.387 e. The van der Waals surface area contributed by atoms with Crippen molar-refractivity contribution in [2.45, 2.75) is 30.3 Å². The molecule has 1 unspecified atom stereocenters. The van der Waals surface area contributed by atoms with Crippen molar-refractivity contribution in [2.24, 2.45) is 5.73 Å². The number of aliphatic hydroxyl groups is 3. The molecule has 1 aromatic heterocycles. The number of aliphatic hydroxyl groups excluding tert-OH is 3. The van der Waals surface area contributed by atoms with Crippen molar-refractivity contribution >= 4 is 24.8 Å². The smallest absolute Gasteiger partial charge is 0.356 e. The van der Waals surface area contributed by atoms with Crippen molar-refractivity contribution in [3.05, 3.63) is 16.1 Å². The third-order valence-corrected chi connectivity index (χ3v) is 4.85. The van der Waals surface area contributed by atoms with Gasteiger partial charge in [-0.1, -0.05) is 0 Å². The number of hydrogen-bond acceptors (Lipinski definition) is 8. The van der Waals surface area contributed by atoms with E-state index in [1.54, 1.807) is 0 Å². The van der Waals surface area contributed by atoms with Crippen molar-refractivity contribution in [1.29, 1.82) is 0 Å². The number of aromatic nitrogens is 1. The van der Waals surface area contributed by atoms with Crippen LogP contribution in [0.15, 0.2) is 5.38 Å². The van der Waals surface area contributed by atoms with Gasteiger partial charge in [-0.25, -0.2) is 4.98 Å². The van der Waals surface area contributed by atoms with Crippen LogP contribution in [-0.2, 0) is 9.30 Å². The number of carbonyl (C=O) groups is 1. The summed E-state index contributed by atoms with van der Waals surface area (Å²) < 4.78 is 16.1. The van der Waals surface area contributed by atoms with E-state index in [-0.39, 0.29) is 10.7 Å². The second kappa shape index (κ2) is 5.71. The van der Waals surface area contributed by atoms with E-state index in [1.807, 2.05) is 0 Å². The summed E-state index contributed by atoms with van der Waals surface area (Å²) in [6.45, 7) is 0. The van der Waals surface area contributed by atoms with Gasteiger partial charge in [-0.05, 0) is 0 Å². The van der Waals surface area contributed by atoms with Crippen molar-refractivity contribution in [2.75, 3.05) is 0 Å². The molecule has 0 saturated carbocycles. The van der Waals surface area contributed by atoms with Crippen molar-refractivity contribution in [3.63, 3.8) is 0 Å². The maximum absolute atomic E-state index is 11.0. The van der Waals surface area contributed by atoms with E-state index >= 15 is 0 Å². The Labute approximate surface area is 122 Å². The summed E-state index contributed by atoms with van der Waals surface area (Å²) in [7, 11) is -4.93. The molecular formula is C9H13N2O8PS. The van der Waals surface area contributed by atoms with Gasteiger partial charge in [0, 0.05) is 5.38 Å². The number of nitrogens with zero attached hydrogens (tertiary/aromatic N) is 1. The molecule has 0 radical (unpaired) electrons. The number of carbonyl (C=O) groups excluding carboxylic acids is 1. The van der Waals surface area contributed by atoms with Crippen LogP contribution >= 0.6 is 18.9 Å². The molecule has 1 aromatic rings. The maximum atomic E-state index is 11.0. The molecule has 118 valence electrons. The fourth-order valence-electron chi connectivity index (χ4n) is 1.88. The zero-order valence-corrected chi connectivity index (χ0v) is 12.0. The molecule has 1 fully saturated rings. The minimum absolute atomic E-state index is 0.0701. The highest BCUT2D eigenvalue weighted by atomic mass is 32.1. The van der Waals surface area contributed by atoms with Crippen molar-refractivity contribution in [3.8, 4) is 0 Å². The first kappa shape index (κ1) is 16.5. The lowest BCUT2D eigenvalue weighted by Gasteiger charge is -2.21. The van der Waals surface area contributed by atoms with Crippen LogP contribution < -0.4 is 5.73 Å². The number of rotatable bonds is 4. The number of ether oxygens (including phenoxy) is 1. The van der Waals surface area contributed by atoms with E-state index in [2.05, 4.69) is 4.98 Å². The molecule has 2 heterocycles. The van der Waals surface area contributed by atoms with E-state index < -0.39 is 43.8 Å². The molecule has 0 bridgehead atoms. The first-order valence-electron chi connectivity index (χ1n) is 5.63. The molecule has 0 spiro atoms. The predicted molar refractivity (Wildman–Crippen MR) is 68.3 cm³/mol. The predicted octanol–water partition coefficient (Wildman–Crippen LogP) is -2.10. The van der Waals surface area contributed by atoms with Gasteiger partial charge in [0.1, 0.15) is 35.1 Å². The van der Waals surface area contributed by atoms with Crippen molar-refractivity contribution in [1.82, 2.24) is 4.98 Å². The van der Waals surface area contributed by atoms with Gasteiger partial charge < -0.3 is 35.6 Å². The topological polar surface area (TPSA) is 183 Å². The number of thiazole rings is 1. The SMILES string of the molecule is NC(=O)c1csc([C@@H]2O[C@H](C(O)P(=O)(O)O)[C@@H](O)[C@H]2O)n1. The minimum atomic E-state index is -4.93. The van der Waals surface area contributed by atoms with Gasteiger partial charge in [0.25, 0.3) is 5.91 Å². The summed E-state index contributed by atoms with van der Waals surface area (Å²) in [5.41, 5.74) is 4.96. The van der Waals surface area contributed by atoms with Gasteiger partial charge in [-0.3, -0.25) is 9.36 Å². The Kier molecular flexibility index (Phi) is 4.47. The number of hydrogen-bond donors (Lipinski definition) is 6. The zero-order chi connectivity index (χ0) is 15.9. The Bertz CT molecular complexity index is 588. The highest BCUT2D eigenvalue weighted by Gasteiger charge is 2.52. The van der Waals surface area contributed by atoms with Gasteiger partial charge in [0.05, 0.1) is 0 Å². The van der Waals surface area contributed by atoms with Gasteiger partial charge in [-0.2, -0.15) is 0 Å². The Balaban J connectivity index is 2.23. The van der Waals surface area contributed by atoms with Gasteiger partial charge >= 0.3 is 7.60 Å². The number of primary amides is 1. The molecule has 12 heteroatoms. The van der Waals surface area contributed by atoms with Crippen LogP contribution in [0.5, 0.6) is 0 Å². The summed E-state index contributed by atoms with van der Waals surface area (Å²) in [6.07, 6.45) is -6.21. The normalized spacial score (nSPS) is 31.3. The highest BCUT2D eigenvalue weighted by molar-refractivity contribution is 7.52. The fraction of sp³-hybridized carbons (Fsp3) is 0.556. The van der Waals surface area contributed by atoms with Gasteiger partial charge in [0.2, 0.25) is 0 Å². The molecule has 7 N–H and O–H groups in total. The summed E-state index contributed by atoms with van der Waals surface area (Å²) in [6, 6.07) is 0. The van der Waals surface area contributed by atoms with Crippen LogP contribution in [0, 0.1) is 0 Å². The number of nitrogens with two attached hydrogens (primary N) is 1. The third-order valence-electron chi connectivity index (χ3n) is 2.96. The molecule has 10 nitrogen and oxygen atoms in total. The lowest BCUT2D eigenvalue weighted by molar-refractivity contribution is -0.0448. The maximum Gasteiger partial charge on any atom is 0.356 e. The first-order chi connectivity index (χ1) is 9.62. The Morgan fingerprint density at radius 1 is 1.43 bits per heavy atom. The Morgan fingerprint density at radius 2 is 2.05 bits per heavy atom. The lowest BCUT2D eigenvalue weighted by Crippen LogP contribution is -2.38. The monoisotopic (exact) mass is 340 g/mol. The molecular weight excluding hydrogens is 327 g/mol. The molecule has 1 saturated heterocycles. The summed E-state index contributed by atoms with van der Waals surface area (Å²) >= 11 is 0.918. The lowest BCUT2D eigenvalue weighted by atomic mass is 10.1. The summed E-state index contributed by atoms with van der Waals surface area (Å²) in [5, 5.41) is 30.5. The van der Waals surface area contributed by atoms with Gasteiger partial charge in [0.15, 0.2) is 5.85 Å². The average molecular weight is 340 g/mol. The molecule has 2 rings (SSSR count). The molecule has 1 aliphatic heterocycles. The van der Waals surface area contributed by atoms with Crippen LogP contribution in [-0.4, -0.2) is 60.2 Å². The van der Waals surface area contributed by atoms with E-state index in [0.29, 0.717) is 0 Å². The highest BCUT2D eigenvalue weighted by Crippen LogP contribution is 2.47. The standard InChI is InChI=1S/C9H13N2O8PS/c10-7(14)2-1-21-8(11-2)5-3(12)4(13)6(19-5)9(15)20(16,17)18/h1,3-6,9,12-13,15H,(H2,10,14)(H2,16,17,18)/t3-,4+,5-,6+,9?/m1/s1. The molecule has 0 aliphatic carbocycles. The minimum Gasteiger partial charge on any atom is -0.387 e.